The number of sulfonamides is 1. The fourth-order valence-electron chi connectivity index (χ4n) is 1.19. The molecule has 0 aromatic heterocycles. The van der Waals surface area contributed by atoms with E-state index in [1.165, 1.54) is 0 Å². The number of hydrogen-bond donors (Lipinski definition) is 1. The Morgan fingerprint density at radius 1 is 1.33 bits per heavy atom. The molecule has 0 radical (unpaired) electrons. The van der Waals surface area contributed by atoms with Gasteiger partial charge in [-0.05, 0) is 22.0 Å². The molecule has 2 N–H and O–H groups in total. The van der Waals surface area contributed by atoms with E-state index in [9.17, 15) is 31.7 Å². The number of rotatable bonds is 2. The molecule has 0 aliphatic carbocycles. The Bertz CT molecular complexity index is 614. The van der Waals surface area contributed by atoms with Gasteiger partial charge in [0.1, 0.15) is 9.37 Å². The summed E-state index contributed by atoms with van der Waals surface area (Å²) in [6.45, 7) is 0. The highest BCUT2D eigenvalue weighted by atomic mass is 79.9. The molecule has 0 unspecified atom stereocenters. The quantitative estimate of drug-likeness (QED) is 0.652. The Hall–Kier alpha value is -1.20. The molecule has 0 aliphatic heterocycles. The van der Waals surface area contributed by atoms with E-state index >= 15 is 0 Å². The molecular formula is C7H4BrF3N2O4S. The van der Waals surface area contributed by atoms with Gasteiger partial charge in [-0.2, -0.15) is 13.2 Å². The second kappa shape index (κ2) is 4.48. The van der Waals surface area contributed by atoms with Crippen LogP contribution in [0.25, 0.3) is 0 Å². The summed E-state index contributed by atoms with van der Waals surface area (Å²) in [5, 5.41) is 15.2. The van der Waals surface area contributed by atoms with Crippen molar-refractivity contribution in [1.29, 1.82) is 0 Å². The normalized spacial score (nSPS) is 12.5. The predicted molar refractivity (Wildman–Crippen MR) is 57.2 cm³/mol. The third kappa shape index (κ3) is 2.79. The van der Waals surface area contributed by atoms with Crippen LogP contribution in [0.5, 0.6) is 0 Å². The zero-order chi connectivity index (χ0) is 14.3. The molecule has 0 spiro atoms. The van der Waals surface area contributed by atoms with Gasteiger partial charge in [0.25, 0.3) is 5.69 Å². The maximum absolute atomic E-state index is 12.6. The molecule has 18 heavy (non-hydrogen) atoms. The summed E-state index contributed by atoms with van der Waals surface area (Å²) in [6.07, 6.45) is -5.00. The molecule has 0 fully saturated rings. The van der Waals surface area contributed by atoms with Crippen LogP contribution in [0.4, 0.5) is 18.9 Å². The highest BCUT2D eigenvalue weighted by molar-refractivity contribution is 9.10. The molecule has 1 rings (SSSR count). The number of primary sulfonamides is 1. The Labute approximate surface area is 107 Å². The van der Waals surface area contributed by atoms with Crippen LogP contribution in [0, 0.1) is 10.1 Å². The zero-order valence-corrected chi connectivity index (χ0v) is 10.6. The minimum Gasteiger partial charge on any atom is -0.258 e. The van der Waals surface area contributed by atoms with Crippen molar-refractivity contribution in [2.24, 2.45) is 5.14 Å². The maximum atomic E-state index is 12.6. The molecule has 0 saturated heterocycles. The van der Waals surface area contributed by atoms with Crippen molar-refractivity contribution in [3.63, 3.8) is 0 Å². The lowest BCUT2D eigenvalue weighted by molar-refractivity contribution is -0.386. The summed E-state index contributed by atoms with van der Waals surface area (Å²) >= 11 is 2.46. The Morgan fingerprint density at radius 2 is 1.83 bits per heavy atom. The second-order valence-corrected chi connectivity index (χ2v) is 5.37. The third-order valence-electron chi connectivity index (χ3n) is 1.86. The molecule has 100 valence electrons. The van der Waals surface area contributed by atoms with Crippen molar-refractivity contribution in [1.82, 2.24) is 0 Å². The molecule has 0 bridgehead atoms. The Morgan fingerprint density at radius 3 is 2.17 bits per heavy atom. The average molecular weight is 349 g/mol. The van der Waals surface area contributed by atoms with E-state index in [1.807, 2.05) is 0 Å². The number of nitrogens with two attached hydrogens (primary N) is 1. The van der Waals surface area contributed by atoms with Gasteiger partial charge in [-0.3, -0.25) is 10.1 Å². The molecule has 0 aliphatic rings. The molecule has 0 atom stereocenters. The van der Waals surface area contributed by atoms with Crippen LogP contribution in [0.2, 0.25) is 0 Å². The van der Waals surface area contributed by atoms with Crippen LogP contribution < -0.4 is 5.14 Å². The van der Waals surface area contributed by atoms with E-state index in [0.29, 0.717) is 12.1 Å². The summed E-state index contributed by atoms with van der Waals surface area (Å²) < 4.78 is 59.2. The first-order valence-corrected chi connectivity index (χ1v) is 6.37. The Kier molecular flexibility index (Phi) is 3.70. The van der Waals surface area contributed by atoms with Crippen LogP contribution in [-0.4, -0.2) is 13.3 Å². The third-order valence-corrected chi connectivity index (χ3v) is 3.92. The topological polar surface area (TPSA) is 103 Å². The number of hydrogen-bond acceptors (Lipinski definition) is 4. The van der Waals surface area contributed by atoms with Crippen molar-refractivity contribution < 1.29 is 26.5 Å². The molecular weight excluding hydrogens is 345 g/mol. The van der Waals surface area contributed by atoms with Gasteiger partial charge in [-0.15, -0.1) is 0 Å². The number of nitro groups is 1. The van der Waals surface area contributed by atoms with Gasteiger partial charge in [0, 0.05) is 6.07 Å². The van der Waals surface area contributed by atoms with Gasteiger partial charge in [-0.1, -0.05) is 0 Å². The van der Waals surface area contributed by atoms with E-state index in [0.717, 1.165) is 0 Å². The second-order valence-electron chi connectivity index (χ2n) is 3.08. The fourth-order valence-corrected chi connectivity index (χ4v) is 3.20. The van der Waals surface area contributed by atoms with E-state index in [-0.39, 0.29) is 0 Å². The number of benzene rings is 1. The van der Waals surface area contributed by atoms with Crippen LogP contribution >= 0.6 is 15.9 Å². The molecule has 0 amide bonds. The molecule has 6 nitrogen and oxygen atoms in total. The molecule has 0 saturated carbocycles. The lowest BCUT2D eigenvalue weighted by Crippen LogP contribution is -2.20. The first kappa shape index (κ1) is 14.9. The van der Waals surface area contributed by atoms with E-state index < -0.39 is 41.7 Å². The first-order chi connectivity index (χ1) is 7.96. The van der Waals surface area contributed by atoms with Gasteiger partial charge in [0.05, 0.1) is 10.5 Å². The number of alkyl halides is 3. The minimum absolute atomic E-state index is 0.294. The standard InChI is InChI=1S/C7H4BrF3N2O4S/c8-5-4(13(14)15)2-1-3(7(9,10)11)6(5)18(12,16)17/h1-2H,(H2,12,16,17). The molecule has 11 heteroatoms. The van der Waals surface area contributed by atoms with Crippen molar-refractivity contribution in [2.75, 3.05) is 0 Å². The van der Waals surface area contributed by atoms with Crippen molar-refractivity contribution in [3.8, 4) is 0 Å². The van der Waals surface area contributed by atoms with Crippen molar-refractivity contribution in [3.05, 3.63) is 32.3 Å². The average Bonchev–Trinajstić information content (AvgIpc) is 2.12. The van der Waals surface area contributed by atoms with Crippen LogP contribution in [0.1, 0.15) is 5.56 Å². The number of nitrogens with zero attached hydrogens (tertiary/aromatic N) is 1. The lowest BCUT2D eigenvalue weighted by Gasteiger charge is -2.12. The van der Waals surface area contributed by atoms with Gasteiger partial charge < -0.3 is 0 Å². The first-order valence-electron chi connectivity index (χ1n) is 4.03. The van der Waals surface area contributed by atoms with Gasteiger partial charge in [0.15, 0.2) is 0 Å². The van der Waals surface area contributed by atoms with E-state index in [4.69, 9.17) is 0 Å². The SMILES string of the molecule is NS(=O)(=O)c1c(C(F)(F)F)ccc([N+](=O)[O-])c1Br. The molecule has 0 heterocycles. The summed E-state index contributed by atoms with van der Waals surface area (Å²) in [5.41, 5.74) is -2.39. The minimum atomic E-state index is -5.00. The van der Waals surface area contributed by atoms with Gasteiger partial charge in [0.2, 0.25) is 10.0 Å². The highest BCUT2D eigenvalue weighted by Gasteiger charge is 2.39. The van der Waals surface area contributed by atoms with Gasteiger partial charge >= 0.3 is 6.18 Å². The smallest absolute Gasteiger partial charge is 0.258 e. The summed E-state index contributed by atoms with van der Waals surface area (Å²) in [6, 6.07) is 0.838. The Balaban J connectivity index is 3.80. The van der Waals surface area contributed by atoms with Crippen molar-refractivity contribution in [2.45, 2.75) is 11.1 Å². The van der Waals surface area contributed by atoms with Crippen LogP contribution in [0.3, 0.4) is 0 Å². The number of nitro benzene ring substituents is 1. The van der Waals surface area contributed by atoms with E-state index in [2.05, 4.69) is 21.1 Å². The summed E-state index contributed by atoms with van der Waals surface area (Å²) in [4.78, 5) is 8.13. The van der Waals surface area contributed by atoms with Crippen LogP contribution in [-0.2, 0) is 16.2 Å². The largest absolute Gasteiger partial charge is 0.417 e. The molecule has 1 aromatic rings. The van der Waals surface area contributed by atoms with Gasteiger partial charge in [-0.25, -0.2) is 13.6 Å². The van der Waals surface area contributed by atoms with Crippen molar-refractivity contribution >= 4 is 31.6 Å². The highest BCUT2D eigenvalue weighted by Crippen LogP contribution is 2.40. The zero-order valence-electron chi connectivity index (χ0n) is 8.23. The van der Waals surface area contributed by atoms with Crippen LogP contribution in [0.15, 0.2) is 21.5 Å². The molecule has 1 aromatic carbocycles. The van der Waals surface area contributed by atoms with E-state index in [1.54, 1.807) is 0 Å². The summed E-state index contributed by atoms with van der Waals surface area (Å²) in [7, 11) is -4.77. The maximum Gasteiger partial charge on any atom is 0.417 e. The lowest BCUT2D eigenvalue weighted by atomic mass is 10.2. The number of halogens is 4. The fraction of sp³-hybridized carbons (Fsp3) is 0.143. The monoisotopic (exact) mass is 348 g/mol. The summed E-state index contributed by atoms with van der Waals surface area (Å²) in [5.74, 6) is 0. The predicted octanol–water partition coefficient (Wildman–Crippen LogP) is 2.02.